The molecule has 0 saturated heterocycles. The topological polar surface area (TPSA) is 386 Å². The SMILES string of the molecule is CC[C@H](C)[C@H](NC(=O)[C@H](CCSC)NC(=O)[C@H](C)NC(=O)[C@H](CO)NC(=O)[C@H](CO)NC(=O)CNC(=O)[C@H](C)NC(=O)[C@H](CCSC)NC(=O)[C@@H](N)CO)C(=O)N[C@@H](CC(C)C)C(=O)O. The molecule has 0 aromatic rings. The van der Waals surface area contributed by atoms with Gasteiger partial charge in [0.05, 0.1) is 26.4 Å². The van der Waals surface area contributed by atoms with Crippen molar-refractivity contribution in [1.82, 2.24) is 47.9 Å². The molecule has 0 aliphatic carbocycles. The van der Waals surface area contributed by atoms with Crippen molar-refractivity contribution in [3.05, 3.63) is 0 Å². The Balaban J connectivity index is 5.54. The molecule has 9 amide bonds. The molecule has 15 N–H and O–H groups in total. The third-order valence-electron chi connectivity index (χ3n) is 9.71. The second-order valence-electron chi connectivity index (χ2n) is 15.6. The van der Waals surface area contributed by atoms with Crippen molar-refractivity contribution in [3.8, 4) is 0 Å². The van der Waals surface area contributed by atoms with Gasteiger partial charge in [0.15, 0.2) is 0 Å². The van der Waals surface area contributed by atoms with E-state index < -0.39 is 146 Å². The Morgan fingerprint density at radius 1 is 0.523 bits per heavy atom. The van der Waals surface area contributed by atoms with E-state index in [0.29, 0.717) is 17.9 Å². The highest BCUT2D eigenvalue weighted by atomic mass is 32.2. The Bertz CT molecular complexity index is 1610. The number of aliphatic hydroxyl groups excluding tert-OH is 3. The Hall–Kier alpha value is -4.76. The van der Waals surface area contributed by atoms with Crippen molar-refractivity contribution >= 4 is 82.7 Å². The van der Waals surface area contributed by atoms with Crippen molar-refractivity contribution in [2.75, 3.05) is 50.4 Å². The third kappa shape index (κ3) is 22.8. The van der Waals surface area contributed by atoms with E-state index in [4.69, 9.17) is 10.8 Å². The van der Waals surface area contributed by atoms with Gasteiger partial charge in [0, 0.05) is 0 Å². The zero-order valence-electron chi connectivity index (χ0n) is 38.2. The number of hydrogen-bond acceptors (Lipinski definition) is 16. The maximum atomic E-state index is 13.5. The minimum absolute atomic E-state index is 0.0525. The Morgan fingerprint density at radius 3 is 1.42 bits per heavy atom. The summed E-state index contributed by atoms with van der Waals surface area (Å²) in [5, 5.41) is 59.9. The normalized spacial score (nSPS) is 15.7. The minimum Gasteiger partial charge on any atom is -0.480 e. The second-order valence-corrected chi connectivity index (χ2v) is 17.6. The number of nitrogens with one attached hydrogen (secondary N) is 9. The van der Waals surface area contributed by atoms with E-state index in [0.717, 1.165) is 0 Å². The lowest BCUT2D eigenvalue weighted by Crippen LogP contribution is -2.60. The molecule has 0 radical (unpaired) electrons. The minimum atomic E-state index is -1.70. The summed E-state index contributed by atoms with van der Waals surface area (Å²) in [6, 6.07) is -11.9. The van der Waals surface area contributed by atoms with Crippen molar-refractivity contribution in [2.45, 2.75) is 122 Å². The first-order chi connectivity index (χ1) is 30.5. The summed E-state index contributed by atoms with van der Waals surface area (Å²) >= 11 is 2.76. The van der Waals surface area contributed by atoms with E-state index in [1.165, 1.54) is 37.4 Å². The molecular weight excluding hydrogens is 897 g/mol. The molecule has 0 aromatic carbocycles. The van der Waals surface area contributed by atoms with E-state index in [1.807, 2.05) is 0 Å². The summed E-state index contributed by atoms with van der Waals surface area (Å²) in [5.74, 6) is -8.68. The van der Waals surface area contributed by atoms with E-state index in [2.05, 4.69) is 47.9 Å². The van der Waals surface area contributed by atoms with Gasteiger partial charge in [0.25, 0.3) is 0 Å². The number of rotatable bonds is 32. The van der Waals surface area contributed by atoms with Gasteiger partial charge in [-0.15, -0.1) is 0 Å². The largest absolute Gasteiger partial charge is 0.480 e. The maximum absolute atomic E-state index is 13.5. The van der Waals surface area contributed by atoms with Crippen molar-refractivity contribution < 1.29 is 68.4 Å². The number of thioether (sulfide) groups is 2. The van der Waals surface area contributed by atoms with Crippen LogP contribution in [-0.4, -0.2) is 184 Å². The van der Waals surface area contributed by atoms with E-state index >= 15 is 0 Å². The fraction of sp³-hybridized carbons (Fsp3) is 0.744. The summed E-state index contributed by atoms with van der Waals surface area (Å²) in [6.45, 7) is 6.27. The highest BCUT2D eigenvalue weighted by Crippen LogP contribution is 2.12. The first kappa shape index (κ1) is 60.2. The lowest BCUT2D eigenvalue weighted by Gasteiger charge is -2.28. The van der Waals surface area contributed by atoms with E-state index in [-0.39, 0.29) is 25.2 Å². The van der Waals surface area contributed by atoms with Crippen molar-refractivity contribution in [1.29, 1.82) is 0 Å². The van der Waals surface area contributed by atoms with Gasteiger partial charge in [-0.2, -0.15) is 23.5 Å². The summed E-state index contributed by atoms with van der Waals surface area (Å²) in [6.07, 6.45) is 4.41. The molecule has 0 saturated carbocycles. The first-order valence-corrected chi connectivity index (χ1v) is 23.8. The van der Waals surface area contributed by atoms with Gasteiger partial charge >= 0.3 is 5.97 Å². The fourth-order valence-electron chi connectivity index (χ4n) is 5.56. The molecule has 26 heteroatoms. The lowest BCUT2D eigenvalue weighted by molar-refractivity contribution is -0.143. The quantitative estimate of drug-likeness (QED) is 0.0300. The molecule has 0 rings (SSSR count). The molecule has 0 fully saturated rings. The zero-order valence-corrected chi connectivity index (χ0v) is 39.8. The van der Waals surface area contributed by atoms with Crippen LogP contribution in [0.3, 0.4) is 0 Å². The fourth-order valence-corrected chi connectivity index (χ4v) is 6.51. The van der Waals surface area contributed by atoms with Gasteiger partial charge in [-0.1, -0.05) is 34.1 Å². The molecule has 0 unspecified atom stereocenters. The monoisotopic (exact) mass is 966 g/mol. The number of amides is 9. The molecular formula is C39H70N10O14S2. The summed E-state index contributed by atoms with van der Waals surface area (Å²) in [7, 11) is 0. The highest BCUT2D eigenvalue weighted by molar-refractivity contribution is 7.98. The van der Waals surface area contributed by atoms with Crippen LogP contribution in [0.1, 0.15) is 67.2 Å². The summed E-state index contributed by atoms with van der Waals surface area (Å²) in [5.41, 5.74) is 5.51. The molecule has 0 spiro atoms. The standard InChI is InChI=1S/C39H70N10O14S2/c1-9-20(4)30(38(61)47-26(39(62)63)14-19(2)3)49-35(58)25(11-13-65-8)45-32(55)22(6)43-36(59)28(18-52)48-37(60)27(17-51)44-29(53)15-41-31(54)21(5)42-34(57)24(10-12-64-7)46-33(56)23(40)16-50/h19-28,30,50-52H,9-18,40H2,1-8H3,(H,41,54)(H,42,57)(H,43,59)(H,44,53)(H,45,55)(H,46,56)(H,47,61)(H,48,60)(H,49,58)(H,62,63)/t20-,21-,22-,23-,24-,25-,26-,27-,28-,30-/m0/s1. The van der Waals surface area contributed by atoms with Crippen molar-refractivity contribution in [2.24, 2.45) is 17.6 Å². The van der Waals surface area contributed by atoms with Crippen LogP contribution in [-0.2, 0) is 47.9 Å². The molecule has 0 aliphatic rings. The van der Waals surface area contributed by atoms with Crippen LogP contribution in [0.25, 0.3) is 0 Å². The maximum Gasteiger partial charge on any atom is 0.326 e. The average Bonchev–Trinajstić information content (AvgIpc) is 3.26. The molecule has 65 heavy (non-hydrogen) atoms. The lowest BCUT2D eigenvalue weighted by atomic mass is 9.96. The van der Waals surface area contributed by atoms with Gasteiger partial charge in [-0.3, -0.25) is 43.2 Å². The number of aliphatic hydroxyl groups is 3. The van der Waals surface area contributed by atoms with Crippen LogP contribution >= 0.6 is 23.5 Å². The molecule has 10 atom stereocenters. The molecule has 0 bridgehead atoms. The Kier molecular flexibility index (Phi) is 29.7. The van der Waals surface area contributed by atoms with Gasteiger partial charge < -0.3 is 74.0 Å². The molecule has 0 aliphatic heterocycles. The third-order valence-corrected chi connectivity index (χ3v) is 11.0. The molecule has 24 nitrogen and oxygen atoms in total. The Labute approximate surface area is 387 Å². The predicted molar refractivity (Wildman–Crippen MR) is 242 cm³/mol. The number of aliphatic carboxylic acids is 1. The zero-order chi connectivity index (χ0) is 50.0. The van der Waals surface area contributed by atoms with Gasteiger partial charge in [0.1, 0.15) is 54.4 Å². The number of carboxylic acid groups (broad SMARTS) is 1. The Morgan fingerprint density at radius 2 is 0.954 bits per heavy atom. The number of nitrogens with two attached hydrogens (primary N) is 1. The highest BCUT2D eigenvalue weighted by Gasteiger charge is 2.34. The van der Waals surface area contributed by atoms with Gasteiger partial charge in [-0.25, -0.2) is 4.79 Å². The van der Waals surface area contributed by atoms with E-state index in [1.54, 1.807) is 40.2 Å². The van der Waals surface area contributed by atoms with Crippen LogP contribution in [0.2, 0.25) is 0 Å². The van der Waals surface area contributed by atoms with Crippen LogP contribution in [0.15, 0.2) is 0 Å². The van der Waals surface area contributed by atoms with Crippen LogP contribution < -0.4 is 53.6 Å². The van der Waals surface area contributed by atoms with Gasteiger partial charge in [0.2, 0.25) is 53.2 Å². The van der Waals surface area contributed by atoms with Crippen LogP contribution in [0.4, 0.5) is 0 Å². The summed E-state index contributed by atoms with van der Waals surface area (Å²) in [4.78, 5) is 128. The van der Waals surface area contributed by atoms with Crippen LogP contribution in [0, 0.1) is 11.8 Å². The van der Waals surface area contributed by atoms with Crippen LogP contribution in [0.5, 0.6) is 0 Å². The smallest absolute Gasteiger partial charge is 0.326 e. The number of carbonyl (C=O) groups is 10. The number of carboxylic acids is 1. The number of carbonyl (C=O) groups excluding carboxylic acids is 9. The molecule has 0 heterocycles. The predicted octanol–water partition coefficient (Wildman–Crippen LogP) is -4.99. The molecule has 372 valence electrons. The van der Waals surface area contributed by atoms with Gasteiger partial charge in [-0.05, 0) is 69.0 Å². The van der Waals surface area contributed by atoms with E-state index in [9.17, 15) is 63.3 Å². The first-order valence-electron chi connectivity index (χ1n) is 21.0. The summed E-state index contributed by atoms with van der Waals surface area (Å²) < 4.78 is 0. The average molecular weight is 967 g/mol. The number of hydrogen-bond donors (Lipinski definition) is 14. The van der Waals surface area contributed by atoms with Crippen molar-refractivity contribution in [3.63, 3.8) is 0 Å². The second kappa shape index (κ2) is 32.0. The molecule has 0 aromatic heterocycles.